The van der Waals surface area contributed by atoms with Gasteiger partial charge >= 0.3 is 118 Å². The summed E-state index contributed by atoms with van der Waals surface area (Å²) >= 11 is 0. The maximum Gasteiger partial charge on any atom is 1.00 e. The Bertz CT molecular complexity index is 93.2. The van der Waals surface area contributed by atoms with Gasteiger partial charge in [-0.1, -0.05) is 0 Å². The third kappa shape index (κ3) is 141. The van der Waals surface area contributed by atoms with E-state index in [1.165, 1.54) is 0 Å². The standard InChI is InChI=1S/CN.4Na.H3O4P/c1-2;;;;;1-5(2,3)4/h;;;;;(H3,1,2,3,4)/q-1;4*+1;/p-3. The third-order valence-corrected chi connectivity index (χ3v) is 0. The third-order valence-electron chi connectivity index (χ3n) is 0. The van der Waals surface area contributed by atoms with Crippen molar-refractivity contribution in [2.75, 3.05) is 0 Å². The monoisotopic (exact) mass is 213 g/mol. The van der Waals surface area contributed by atoms with Crippen molar-refractivity contribution in [2.24, 2.45) is 0 Å². The van der Waals surface area contributed by atoms with Crippen molar-refractivity contribution in [3.63, 3.8) is 0 Å². The van der Waals surface area contributed by atoms with E-state index in [0.29, 0.717) is 0 Å². The van der Waals surface area contributed by atoms with Gasteiger partial charge in [-0.3, -0.25) is 0 Å². The average Bonchev–Trinajstić information content (AvgIpc) is 1.36. The van der Waals surface area contributed by atoms with Crippen LogP contribution in [0.1, 0.15) is 0 Å². The molecule has 0 unspecified atom stereocenters. The zero-order valence-electron chi connectivity index (χ0n) is 7.03. The van der Waals surface area contributed by atoms with Crippen LogP contribution in [0.4, 0.5) is 0 Å². The fourth-order valence-corrected chi connectivity index (χ4v) is 0. The van der Waals surface area contributed by atoms with Crippen LogP contribution in [0.2, 0.25) is 0 Å². The molecule has 42 valence electrons. The van der Waals surface area contributed by atoms with Gasteiger partial charge in [-0.25, -0.2) is 0 Å². The SMILES string of the molecule is O=P([O-])([O-])[O-].[C-]#N.[Na+].[Na+].[Na+].[Na+]. The molecule has 10 heteroatoms. The maximum absolute atomic E-state index is 8.55. The molecule has 0 radical (unpaired) electrons. The summed E-state index contributed by atoms with van der Waals surface area (Å²) < 4.78 is 8.55. The van der Waals surface area contributed by atoms with E-state index in [1.54, 1.807) is 0 Å². The van der Waals surface area contributed by atoms with Crippen molar-refractivity contribution in [3.05, 3.63) is 6.57 Å². The summed E-state index contributed by atoms with van der Waals surface area (Å²) in [5.41, 5.74) is 0. The summed E-state index contributed by atoms with van der Waals surface area (Å²) in [6.45, 7) is 4.75. The van der Waals surface area contributed by atoms with Crippen molar-refractivity contribution in [1.82, 2.24) is 0 Å². The van der Waals surface area contributed by atoms with Gasteiger partial charge in [-0.2, -0.15) is 7.82 Å². The minimum absolute atomic E-state index is 0. The number of hydrogen-bond acceptors (Lipinski definition) is 5. The molecule has 11 heavy (non-hydrogen) atoms. The average molecular weight is 213 g/mol. The van der Waals surface area contributed by atoms with Gasteiger partial charge in [0.15, 0.2) is 0 Å². The molecular weight excluding hydrogens is 213 g/mol. The van der Waals surface area contributed by atoms with Gasteiger partial charge in [-0.15, -0.1) is 0 Å². The first-order valence-corrected chi connectivity index (χ1v) is 2.41. The van der Waals surface area contributed by atoms with E-state index in [1.807, 2.05) is 0 Å². The predicted octanol–water partition coefficient (Wildman–Crippen LogP) is -14.7. The predicted molar refractivity (Wildman–Crippen MR) is 12.6 cm³/mol. The quantitative estimate of drug-likeness (QED) is 0.225. The molecule has 0 N–H and O–H groups in total. The van der Waals surface area contributed by atoms with Crippen LogP contribution in [0, 0.1) is 11.8 Å². The molecule has 0 bridgehead atoms. The summed E-state index contributed by atoms with van der Waals surface area (Å²) in [4.78, 5) is 25.6. The molecule has 0 aliphatic heterocycles. The largest absolute Gasteiger partial charge is 1.00 e. The van der Waals surface area contributed by atoms with Crippen molar-refractivity contribution < 1.29 is 137 Å². The molecule has 0 fully saturated rings. The molecule has 0 aromatic rings. The first-order chi connectivity index (χ1) is 3.00. The fraction of sp³-hybridized carbons (Fsp3) is 0. The van der Waals surface area contributed by atoms with Crippen molar-refractivity contribution in [1.29, 1.82) is 5.26 Å². The Morgan fingerprint density at radius 1 is 0.909 bits per heavy atom. The molecule has 0 saturated carbocycles. The van der Waals surface area contributed by atoms with Crippen LogP contribution < -0.4 is 133 Å². The minimum atomic E-state index is -5.39. The molecule has 0 aromatic heterocycles. The smallest absolute Gasteiger partial charge is 0.822 e. The van der Waals surface area contributed by atoms with Crippen LogP contribution in [0.3, 0.4) is 0 Å². The molecule has 5 nitrogen and oxygen atoms in total. The molecule has 0 spiro atoms. The topological polar surface area (TPSA) is 110 Å². The van der Waals surface area contributed by atoms with E-state index in [4.69, 9.17) is 31.1 Å². The normalized spacial score (nSPS) is 5.55. The first kappa shape index (κ1) is 36.5. The van der Waals surface area contributed by atoms with Crippen LogP contribution in [0.25, 0.3) is 0 Å². The second-order valence-electron chi connectivity index (χ2n) is 0.447. The molecule has 0 aliphatic rings. The number of phosphoric acid groups is 1. The summed E-state index contributed by atoms with van der Waals surface area (Å²) in [6, 6.07) is 0. The zero-order valence-corrected chi connectivity index (χ0v) is 15.9. The van der Waals surface area contributed by atoms with Gasteiger partial charge in [-0.05, 0) is 0 Å². The summed E-state index contributed by atoms with van der Waals surface area (Å²) in [6.07, 6.45) is 0. The van der Waals surface area contributed by atoms with E-state index in [0.717, 1.165) is 0 Å². The number of rotatable bonds is 0. The first-order valence-electron chi connectivity index (χ1n) is 0.954. The Kier molecular flexibility index (Phi) is 77.8. The van der Waals surface area contributed by atoms with Crippen molar-refractivity contribution in [3.8, 4) is 0 Å². The van der Waals surface area contributed by atoms with Crippen LogP contribution in [0.15, 0.2) is 0 Å². The van der Waals surface area contributed by atoms with Gasteiger partial charge in [0.25, 0.3) is 0 Å². The van der Waals surface area contributed by atoms with Crippen LogP contribution in [-0.2, 0) is 4.57 Å². The van der Waals surface area contributed by atoms with E-state index in [9.17, 15) is 0 Å². The van der Waals surface area contributed by atoms with E-state index >= 15 is 0 Å². The molecule has 0 aromatic carbocycles. The van der Waals surface area contributed by atoms with Gasteiger partial charge < -0.3 is 31.1 Å². The Morgan fingerprint density at radius 3 is 0.909 bits per heavy atom. The van der Waals surface area contributed by atoms with E-state index in [2.05, 4.69) is 0 Å². The Hall–Kier alpha value is 3.60. The van der Waals surface area contributed by atoms with Crippen LogP contribution in [0.5, 0.6) is 0 Å². The molecular formula is CNNa4O4P. The number of nitrogens with zero attached hydrogens (tertiary/aromatic N) is 1. The molecule has 0 atom stereocenters. The summed E-state index contributed by atoms with van der Waals surface area (Å²) in [7, 11) is -5.39. The van der Waals surface area contributed by atoms with Crippen LogP contribution >= 0.6 is 7.82 Å². The maximum atomic E-state index is 8.55. The summed E-state index contributed by atoms with van der Waals surface area (Å²) in [5, 5.41) is 6.25. The minimum Gasteiger partial charge on any atom is -0.822 e. The van der Waals surface area contributed by atoms with E-state index < -0.39 is 7.82 Å². The second-order valence-corrected chi connectivity index (χ2v) is 1.34. The molecule has 0 rings (SSSR count). The summed E-state index contributed by atoms with van der Waals surface area (Å²) in [5.74, 6) is 0. The van der Waals surface area contributed by atoms with Gasteiger partial charge in [0.05, 0.1) is 0 Å². The van der Waals surface area contributed by atoms with Crippen molar-refractivity contribution in [2.45, 2.75) is 0 Å². The Balaban J connectivity index is -0.00000000972. The van der Waals surface area contributed by atoms with Crippen molar-refractivity contribution >= 4 is 7.82 Å². The molecule has 0 amide bonds. The Morgan fingerprint density at radius 2 is 0.909 bits per heavy atom. The zero-order chi connectivity index (χ0) is 6.50. The molecule has 0 aliphatic carbocycles. The van der Waals surface area contributed by atoms with Gasteiger partial charge in [0, 0.05) is 0 Å². The molecule has 0 heterocycles. The number of hydrogen-bond donors (Lipinski definition) is 0. The Labute approximate surface area is 154 Å². The van der Waals surface area contributed by atoms with Gasteiger partial charge in [0.2, 0.25) is 0 Å². The second kappa shape index (κ2) is 23.4. The van der Waals surface area contributed by atoms with E-state index in [-0.39, 0.29) is 118 Å². The molecule has 0 saturated heterocycles. The fourth-order valence-electron chi connectivity index (χ4n) is 0. The van der Waals surface area contributed by atoms with Crippen LogP contribution in [-0.4, -0.2) is 0 Å². The van der Waals surface area contributed by atoms with Gasteiger partial charge in [0.1, 0.15) is 0 Å².